The zero-order valence-corrected chi connectivity index (χ0v) is 9.58. The summed E-state index contributed by atoms with van der Waals surface area (Å²) in [4.78, 5) is 1.48. The maximum Gasteiger partial charge on any atom is 0.00462 e. The Balaban J connectivity index is 2.30. The normalized spacial score (nSPS) is 13.2. The van der Waals surface area contributed by atoms with E-state index in [1.165, 1.54) is 23.3 Å². The number of nitrogens with one attached hydrogen (secondary N) is 1. The molecule has 1 rings (SSSR count). The van der Waals surface area contributed by atoms with Gasteiger partial charge in [-0.1, -0.05) is 6.92 Å². The molecule has 1 heterocycles. The molecule has 0 spiro atoms. The lowest BCUT2D eigenvalue weighted by Gasteiger charge is -2.11. The van der Waals surface area contributed by atoms with Gasteiger partial charge in [-0.15, -0.1) is 11.3 Å². The average Bonchev–Trinajstić information content (AvgIpc) is 2.48. The standard InChI is InChI=1S/C11H19NS/c1-4-12-9(2)5-6-11-7-8-13-10(11)3/h7-9,12H,4-6H2,1-3H3. The molecule has 0 aliphatic carbocycles. The topological polar surface area (TPSA) is 12.0 Å². The Labute approximate surface area is 85.2 Å². The Hall–Kier alpha value is -0.340. The molecule has 74 valence electrons. The Morgan fingerprint density at radius 1 is 1.54 bits per heavy atom. The summed E-state index contributed by atoms with van der Waals surface area (Å²) in [6.07, 6.45) is 2.45. The first-order chi connectivity index (χ1) is 6.24. The minimum absolute atomic E-state index is 0.643. The summed E-state index contributed by atoms with van der Waals surface area (Å²) in [5.41, 5.74) is 1.52. The maximum absolute atomic E-state index is 3.43. The first-order valence-electron chi connectivity index (χ1n) is 5.00. The van der Waals surface area contributed by atoms with Crippen molar-refractivity contribution in [3.63, 3.8) is 0 Å². The molecule has 1 aromatic rings. The van der Waals surface area contributed by atoms with E-state index in [2.05, 4.69) is 37.5 Å². The van der Waals surface area contributed by atoms with Crippen LogP contribution >= 0.6 is 11.3 Å². The summed E-state index contributed by atoms with van der Waals surface area (Å²) < 4.78 is 0. The Morgan fingerprint density at radius 3 is 2.85 bits per heavy atom. The zero-order valence-electron chi connectivity index (χ0n) is 8.76. The molecule has 0 bridgehead atoms. The highest BCUT2D eigenvalue weighted by molar-refractivity contribution is 7.10. The third-order valence-corrected chi connectivity index (χ3v) is 3.25. The molecule has 0 radical (unpaired) electrons. The minimum atomic E-state index is 0.643. The van der Waals surface area contributed by atoms with Crippen LogP contribution in [0.5, 0.6) is 0 Å². The van der Waals surface area contributed by atoms with E-state index >= 15 is 0 Å². The predicted molar refractivity (Wildman–Crippen MR) is 60.5 cm³/mol. The Morgan fingerprint density at radius 2 is 2.31 bits per heavy atom. The van der Waals surface area contributed by atoms with Crippen molar-refractivity contribution in [1.29, 1.82) is 0 Å². The van der Waals surface area contributed by atoms with E-state index in [-0.39, 0.29) is 0 Å². The van der Waals surface area contributed by atoms with Crippen LogP contribution in [-0.2, 0) is 6.42 Å². The van der Waals surface area contributed by atoms with Crippen LogP contribution in [0.15, 0.2) is 11.4 Å². The Kier molecular flexibility index (Phi) is 4.46. The lowest BCUT2D eigenvalue weighted by Crippen LogP contribution is -2.25. The van der Waals surface area contributed by atoms with E-state index in [1.54, 1.807) is 0 Å². The second kappa shape index (κ2) is 5.40. The molecule has 1 aromatic heterocycles. The summed E-state index contributed by atoms with van der Waals surface area (Å²) in [7, 11) is 0. The van der Waals surface area contributed by atoms with Gasteiger partial charge in [-0.3, -0.25) is 0 Å². The molecule has 1 N–H and O–H groups in total. The molecular formula is C11H19NS. The highest BCUT2D eigenvalue weighted by Crippen LogP contribution is 2.17. The maximum atomic E-state index is 3.43. The molecule has 0 amide bonds. The van der Waals surface area contributed by atoms with E-state index in [4.69, 9.17) is 0 Å². The van der Waals surface area contributed by atoms with Crippen LogP contribution in [0, 0.1) is 6.92 Å². The van der Waals surface area contributed by atoms with Gasteiger partial charge in [0.25, 0.3) is 0 Å². The van der Waals surface area contributed by atoms with Crippen LogP contribution in [0.1, 0.15) is 30.7 Å². The van der Waals surface area contributed by atoms with Crippen LogP contribution < -0.4 is 5.32 Å². The summed E-state index contributed by atoms with van der Waals surface area (Å²) in [5, 5.41) is 5.61. The first kappa shape index (κ1) is 10.7. The van der Waals surface area contributed by atoms with Gasteiger partial charge in [0.2, 0.25) is 0 Å². The SMILES string of the molecule is CCNC(C)CCc1ccsc1C. The molecule has 0 fully saturated rings. The smallest absolute Gasteiger partial charge is 0.00462 e. The van der Waals surface area contributed by atoms with Crippen molar-refractivity contribution in [1.82, 2.24) is 5.32 Å². The molecule has 1 unspecified atom stereocenters. The second-order valence-electron chi connectivity index (χ2n) is 3.50. The number of aryl methyl sites for hydroxylation is 2. The predicted octanol–water partition coefficient (Wildman–Crippen LogP) is 2.99. The molecule has 1 nitrogen and oxygen atoms in total. The monoisotopic (exact) mass is 197 g/mol. The fourth-order valence-electron chi connectivity index (χ4n) is 1.49. The largest absolute Gasteiger partial charge is 0.315 e. The highest BCUT2D eigenvalue weighted by Gasteiger charge is 2.03. The van der Waals surface area contributed by atoms with E-state index in [0.29, 0.717) is 6.04 Å². The first-order valence-corrected chi connectivity index (χ1v) is 5.88. The molecule has 13 heavy (non-hydrogen) atoms. The minimum Gasteiger partial charge on any atom is -0.315 e. The molecule has 0 aliphatic heterocycles. The third kappa shape index (κ3) is 3.49. The van der Waals surface area contributed by atoms with Crippen LogP contribution in [0.25, 0.3) is 0 Å². The molecule has 2 heteroatoms. The quantitative estimate of drug-likeness (QED) is 0.765. The van der Waals surface area contributed by atoms with Gasteiger partial charge in [0.1, 0.15) is 0 Å². The van der Waals surface area contributed by atoms with Crippen LogP contribution in [0.3, 0.4) is 0 Å². The molecule has 1 atom stereocenters. The molecule has 0 aliphatic rings. The number of rotatable bonds is 5. The van der Waals surface area contributed by atoms with Gasteiger partial charge in [-0.25, -0.2) is 0 Å². The summed E-state index contributed by atoms with van der Waals surface area (Å²) in [6.45, 7) is 7.69. The van der Waals surface area contributed by atoms with Gasteiger partial charge >= 0.3 is 0 Å². The summed E-state index contributed by atoms with van der Waals surface area (Å²) in [5.74, 6) is 0. The van der Waals surface area contributed by atoms with Crippen LogP contribution in [-0.4, -0.2) is 12.6 Å². The van der Waals surface area contributed by atoms with Gasteiger partial charge < -0.3 is 5.32 Å². The van der Waals surface area contributed by atoms with Crippen molar-refractivity contribution < 1.29 is 0 Å². The lowest BCUT2D eigenvalue weighted by atomic mass is 10.1. The average molecular weight is 197 g/mol. The van der Waals surface area contributed by atoms with E-state index in [1.807, 2.05) is 11.3 Å². The molecule has 0 aromatic carbocycles. The van der Waals surface area contributed by atoms with E-state index < -0.39 is 0 Å². The fourth-order valence-corrected chi connectivity index (χ4v) is 2.25. The lowest BCUT2D eigenvalue weighted by molar-refractivity contribution is 0.530. The molecule has 0 saturated heterocycles. The van der Waals surface area contributed by atoms with Crippen molar-refractivity contribution in [3.05, 3.63) is 21.9 Å². The summed E-state index contributed by atoms with van der Waals surface area (Å²) >= 11 is 1.85. The van der Waals surface area contributed by atoms with E-state index in [0.717, 1.165) is 6.54 Å². The van der Waals surface area contributed by atoms with Crippen molar-refractivity contribution in [2.75, 3.05) is 6.54 Å². The number of hydrogen-bond donors (Lipinski definition) is 1. The molecule has 0 saturated carbocycles. The summed E-state index contributed by atoms with van der Waals surface area (Å²) in [6, 6.07) is 2.89. The zero-order chi connectivity index (χ0) is 9.68. The van der Waals surface area contributed by atoms with Crippen molar-refractivity contribution in [2.24, 2.45) is 0 Å². The van der Waals surface area contributed by atoms with Gasteiger partial charge in [0, 0.05) is 10.9 Å². The van der Waals surface area contributed by atoms with Gasteiger partial charge in [0.15, 0.2) is 0 Å². The third-order valence-electron chi connectivity index (χ3n) is 2.37. The fraction of sp³-hybridized carbons (Fsp3) is 0.636. The highest BCUT2D eigenvalue weighted by atomic mass is 32.1. The van der Waals surface area contributed by atoms with Gasteiger partial charge in [-0.2, -0.15) is 0 Å². The van der Waals surface area contributed by atoms with Crippen molar-refractivity contribution in [2.45, 2.75) is 39.7 Å². The molecular weight excluding hydrogens is 178 g/mol. The second-order valence-corrected chi connectivity index (χ2v) is 4.62. The van der Waals surface area contributed by atoms with Crippen molar-refractivity contribution >= 4 is 11.3 Å². The van der Waals surface area contributed by atoms with E-state index in [9.17, 15) is 0 Å². The van der Waals surface area contributed by atoms with Gasteiger partial charge in [0.05, 0.1) is 0 Å². The van der Waals surface area contributed by atoms with Crippen LogP contribution in [0.4, 0.5) is 0 Å². The Bertz CT molecular complexity index is 242. The number of thiophene rings is 1. The van der Waals surface area contributed by atoms with Crippen molar-refractivity contribution in [3.8, 4) is 0 Å². The van der Waals surface area contributed by atoms with Crippen LogP contribution in [0.2, 0.25) is 0 Å². The van der Waals surface area contributed by atoms with Gasteiger partial charge in [-0.05, 0) is 50.2 Å². The number of hydrogen-bond acceptors (Lipinski definition) is 2.